The molecule has 1 aliphatic heterocycles. The molecule has 116 valence electrons. The zero-order chi connectivity index (χ0) is 15.2. The lowest BCUT2D eigenvalue weighted by Gasteiger charge is -2.24. The Labute approximate surface area is 124 Å². The van der Waals surface area contributed by atoms with Gasteiger partial charge in [0.25, 0.3) is 0 Å². The lowest BCUT2D eigenvalue weighted by atomic mass is 10.1. The molecule has 2 rings (SSSR count). The quantitative estimate of drug-likeness (QED) is 0.364. The zero-order valence-electron chi connectivity index (χ0n) is 12.3. The van der Waals surface area contributed by atoms with Crippen LogP contribution in [0.1, 0.15) is 30.9 Å². The molecule has 0 aliphatic carbocycles. The molecular formula is C15H22FN3O2. The number of nitrogens with two attached hydrogens (primary N) is 1. The number of likely N-dealkylation sites (N-methyl/N-ethyl adjacent to an activating group) is 1. The highest BCUT2D eigenvalue weighted by molar-refractivity contribution is 5.98. The van der Waals surface area contributed by atoms with E-state index in [0.717, 1.165) is 38.1 Å². The highest BCUT2D eigenvalue weighted by atomic mass is 19.1. The number of hydrogen-bond acceptors (Lipinski definition) is 4. The Kier molecular flexibility index (Phi) is 5.52. The second-order valence-corrected chi connectivity index (χ2v) is 5.25. The smallest absolute Gasteiger partial charge is 0.170 e. The second-order valence-electron chi connectivity index (χ2n) is 5.25. The number of oxime groups is 1. The monoisotopic (exact) mass is 295 g/mol. The van der Waals surface area contributed by atoms with Gasteiger partial charge in [-0.05, 0) is 37.1 Å². The normalized spacial score (nSPS) is 19.4. The molecule has 0 bridgehead atoms. The van der Waals surface area contributed by atoms with E-state index < -0.39 is 5.82 Å². The molecule has 6 heteroatoms. The van der Waals surface area contributed by atoms with E-state index in [1.54, 1.807) is 6.07 Å². The number of hydrogen-bond donors (Lipinski definition) is 2. The Balaban J connectivity index is 2.12. The SMILES string of the molecule is CCN(Cc1ccc(F)cc1C(N)=NO)CC1CCCO1. The van der Waals surface area contributed by atoms with Gasteiger partial charge in [0.2, 0.25) is 0 Å². The van der Waals surface area contributed by atoms with Crippen molar-refractivity contribution in [1.82, 2.24) is 4.90 Å². The Morgan fingerprint density at radius 1 is 1.57 bits per heavy atom. The van der Waals surface area contributed by atoms with Gasteiger partial charge in [-0.15, -0.1) is 0 Å². The summed E-state index contributed by atoms with van der Waals surface area (Å²) in [5, 5.41) is 11.8. The standard InChI is InChI=1S/C15H22FN3O2/c1-2-19(10-13-4-3-7-21-13)9-11-5-6-12(16)8-14(11)15(17)18-20/h5-6,8,13,20H,2-4,7,9-10H2,1H3,(H2,17,18). The predicted octanol–water partition coefficient (Wildman–Crippen LogP) is 1.92. The van der Waals surface area contributed by atoms with Crippen molar-refractivity contribution < 1.29 is 14.3 Å². The molecule has 1 aliphatic rings. The summed E-state index contributed by atoms with van der Waals surface area (Å²) in [7, 11) is 0. The van der Waals surface area contributed by atoms with Crippen LogP contribution in [0.4, 0.5) is 4.39 Å². The van der Waals surface area contributed by atoms with E-state index >= 15 is 0 Å². The van der Waals surface area contributed by atoms with Gasteiger partial charge >= 0.3 is 0 Å². The Morgan fingerprint density at radius 2 is 2.38 bits per heavy atom. The largest absolute Gasteiger partial charge is 0.409 e. The Hall–Kier alpha value is -1.66. The van der Waals surface area contributed by atoms with Crippen LogP contribution in [0, 0.1) is 5.82 Å². The fourth-order valence-electron chi connectivity index (χ4n) is 2.60. The van der Waals surface area contributed by atoms with Gasteiger partial charge in [-0.25, -0.2) is 4.39 Å². The molecule has 3 N–H and O–H groups in total. The maximum atomic E-state index is 13.4. The number of benzene rings is 1. The van der Waals surface area contributed by atoms with Gasteiger partial charge in [0, 0.05) is 25.3 Å². The first-order valence-electron chi connectivity index (χ1n) is 7.24. The van der Waals surface area contributed by atoms with Crippen LogP contribution in [0.15, 0.2) is 23.4 Å². The molecule has 0 aromatic heterocycles. The molecule has 0 spiro atoms. The topological polar surface area (TPSA) is 71.1 Å². The highest BCUT2D eigenvalue weighted by Crippen LogP contribution is 2.17. The van der Waals surface area contributed by atoms with Crippen molar-refractivity contribution in [2.45, 2.75) is 32.4 Å². The first-order chi connectivity index (χ1) is 10.1. The van der Waals surface area contributed by atoms with E-state index in [1.807, 2.05) is 0 Å². The summed E-state index contributed by atoms with van der Waals surface area (Å²) in [4.78, 5) is 2.22. The molecule has 1 saturated heterocycles. The van der Waals surface area contributed by atoms with Gasteiger partial charge in [-0.1, -0.05) is 18.1 Å². The molecule has 1 heterocycles. The number of amidine groups is 1. The van der Waals surface area contributed by atoms with Crippen molar-refractivity contribution >= 4 is 5.84 Å². The molecule has 1 aromatic rings. The molecule has 1 unspecified atom stereocenters. The molecule has 0 amide bonds. The van der Waals surface area contributed by atoms with Gasteiger partial charge in [-0.3, -0.25) is 4.90 Å². The third-order valence-corrected chi connectivity index (χ3v) is 3.78. The van der Waals surface area contributed by atoms with Crippen LogP contribution in [0.2, 0.25) is 0 Å². The molecule has 0 saturated carbocycles. The summed E-state index contributed by atoms with van der Waals surface area (Å²) in [6.45, 7) is 5.20. The van der Waals surface area contributed by atoms with Crippen molar-refractivity contribution in [3.8, 4) is 0 Å². The molecular weight excluding hydrogens is 273 g/mol. The van der Waals surface area contributed by atoms with Crippen LogP contribution >= 0.6 is 0 Å². The van der Waals surface area contributed by atoms with Gasteiger partial charge in [0.15, 0.2) is 5.84 Å². The lowest BCUT2D eigenvalue weighted by molar-refractivity contribution is 0.0724. The molecule has 1 aromatic carbocycles. The first-order valence-corrected chi connectivity index (χ1v) is 7.24. The summed E-state index contributed by atoms with van der Waals surface area (Å²) >= 11 is 0. The third kappa shape index (κ3) is 4.15. The van der Waals surface area contributed by atoms with E-state index in [1.165, 1.54) is 12.1 Å². The van der Waals surface area contributed by atoms with Crippen LogP contribution in [-0.4, -0.2) is 41.7 Å². The predicted molar refractivity (Wildman–Crippen MR) is 78.8 cm³/mol. The maximum absolute atomic E-state index is 13.4. The Morgan fingerprint density at radius 3 is 3.00 bits per heavy atom. The molecule has 1 fully saturated rings. The van der Waals surface area contributed by atoms with E-state index in [2.05, 4.69) is 17.0 Å². The lowest BCUT2D eigenvalue weighted by Crippen LogP contribution is -2.32. The summed E-state index contributed by atoms with van der Waals surface area (Å²) in [5.41, 5.74) is 6.91. The summed E-state index contributed by atoms with van der Waals surface area (Å²) < 4.78 is 19.0. The van der Waals surface area contributed by atoms with Crippen molar-refractivity contribution in [3.63, 3.8) is 0 Å². The van der Waals surface area contributed by atoms with E-state index in [-0.39, 0.29) is 11.9 Å². The summed E-state index contributed by atoms with van der Waals surface area (Å²) in [6, 6.07) is 4.37. The van der Waals surface area contributed by atoms with Crippen LogP contribution in [-0.2, 0) is 11.3 Å². The van der Waals surface area contributed by atoms with Gasteiger partial charge < -0.3 is 15.7 Å². The average Bonchev–Trinajstić information content (AvgIpc) is 3.00. The summed E-state index contributed by atoms with van der Waals surface area (Å²) in [6.07, 6.45) is 2.44. The fourth-order valence-corrected chi connectivity index (χ4v) is 2.60. The van der Waals surface area contributed by atoms with Gasteiger partial charge in [0.05, 0.1) is 6.10 Å². The minimum atomic E-state index is -0.400. The molecule has 5 nitrogen and oxygen atoms in total. The van der Waals surface area contributed by atoms with Crippen molar-refractivity contribution in [3.05, 3.63) is 35.1 Å². The minimum Gasteiger partial charge on any atom is -0.409 e. The van der Waals surface area contributed by atoms with Crippen molar-refractivity contribution in [2.24, 2.45) is 10.9 Å². The Bertz CT molecular complexity index is 502. The number of rotatable bonds is 6. The minimum absolute atomic E-state index is 0.0716. The second kappa shape index (κ2) is 7.38. The average molecular weight is 295 g/mol. The molecule has 0 radical (unpaired) electrons. The first kappa shape index (κ1) is 15.7. The molecule has 1 atom stereocenters. The van der Waals surface area contributed by atoms with E-state index in [4.69, 9.17) is 15.7 Å². The van der Waals surface area contributed by atoms with Crippen molar-refractivity contribution in [2.75, 3.05) is 19.7 Å². The molecule has 21 heavy (non-hydrogen) atoms. The van der Waals surface area contributed by atoms with Crippen LogP contribution in [0.3, 0.4) is 0 Å². The van der Waals surface area contributed by atoms with Crippen molar-refractivity contribution in [1.29, 1.82) is 0 Å². The van der Waals surface area contributed by atoms with Crippen LogP contribution in [0.5, 0.6) is 0 Å². The van der Waals surface area contributed by atoms with E-state index in [9.17, 15) is 4.39 Å². The van der Waals surface area contributed by atoms with Gasteiger partial charge in [0.1, 0.15) is 5.82 Å². The van der Waals surface area contributed by atoms with Crippen LogP contribution in [0.25, 0.3) is 0 Å². The van der Waals surface area contributed by atoms with E-state index in [0.29, 0.717) is 12.1 Å². The fraction of sp³-hybridized carbons (Fsp3) is 0.533. The third-order valence-electron chi connectivity index (χ3n) is 3.78. The zero-order valence-corrected chi connectivity index (χ0v) is 12.3. The highest BCUT2D eigenvalue weighted by Gasteiger charge is 2.19. The van der Waals surface area contributed by atoms with Crippen LogP contribution < -0.4 is 5.73 Å². The van der Waals surface area contributed by atoms with Gasteiger partial charge in [-0.2, -0.15) is 0 Å². The number of nitrogens with zero attached hydrogens (tertiary/aromatic N) is 2. The summed E-state index contributed by atoms with van der Waals surface area (Å²) in [5.74, 6) is -0.472. The number of halogens is 1. The maximum Gasteiger partial charge on any atom is 0.170 e. The number of ether oxygens (including phenoxy) is 1.